The van der Waals surface area contributed by atoms with E-state index in [-0.39, 0.29) is 5.41 Å². The third-order valence-corrected chi connectivity index (χ3v) is 10.4. The van der Waals surface area contributed by atoms with E-state index in [1.807, 2.05) is 0 Å². The minimum absolute atomic E-state index is 0.0660. The molecule has 0 atom stereocenters. The van der Waals surface area contributed by atoms with Crippen LogP contribution in [0.2, 0.25) is 0 Å². The van der Waals surface area contributed by atoms with Gasteiger partial charge in [0.1, 0.15) is 0 Å². The highest BCUT2D eigenvalue weighted by molar-refractivity contribution is 6.13. The molecule has 6 aromatic carbocycles. The SMILES string of the molecule is C=c1/c(=C\C=C/C)c2cc(-c3ccc4c(c3)c3cc5c(cc3n4-c3ccccc3)C(C)(C)c3ccccc3-5)ccc2n1-c1ccccc1. The Hall–Kier alpha value is -5.86. The van der Waals surface area contributed by atoms with Crippen molar-refractivity contribution in [3.63, 3.8) is 0 Å². The Bertz CT molecular complexity index is 2700. The quantitative estimate of drug-likeness (QED) is 0.186. The van der Waals surface area contributed by atoms with Crippen molar-refractivity contribution in [2.75, 3.05) is 0 Å². The van der Waals surface area contributed by atoms with Gasteiger partial charge in [0.2, 0.25) is 0 Å². The molecule has 9 rings (SSSR count). The minimum Gasteiger partial charge on any atom is -0.310 e. The number of hydrogen-bond acceptors (Lipinski definition) is 0. The highest BCUT2D eigenvalue weighted by atomic mass is 15.0. The number of benzene rings is 6. The Morgan fingerprint density at radius 3 is 1.81 bits per heavy atom. The predicted molar refractivity (Wildman–Crippen MR) is 205 cm³/mol. The van der Waals surface area contributed by atoms with Gasteiger partial charge < -0.3 is 9.13 Å². The van der Waals surface area contributed by atoms with E-state index in [0.717, 1.165) is 21.8 Å². The number of para-hydroxylation sites is 2. The van der Waals surface area contributed by atoms with Crippen LogP contribution in [0.4, 0.5) is 0 Å². The lowest BCUT2D eigenvalue weighted by molar-refractivity contribution is 0.661. The Kier molecular flexibility index (Phi) is 6.26. The van der Waals surface area contributed by atoms with Gasteiger partial charge in [0.25, 0.3) is 0 Å². The minimum atomic E-state index is -0.0660. The van der Waals surface area contributed by atoms with Gasteiger partial charge in [-0.25, -0.2) is 0 Å². The molecule has 0 radical (unpaired) electrons. The number of aromatic nitrogens is 2. The first-order valence-electron chi connectivity index (χ1n) is 16.8. The normalized spacial score (nSPS) is 14.0. The summed E-state index contributed by atoms with van der Waals surface area (Å²) in [5.74, 6) is 0. The fourth-order valence-corrected chi connectivity index (χ4v) is 8.05. The second-order valence-corrected chi connectivity index (χ2v) is 13.4. The smallest absolute Gasteiger partial charge is 0.0544 e. The van der Waals surface area contributed by atoms with Gasteiger partial charge in [0.05, 0.1) is 16.6 Å². The molecule has 0 unspecified atom stereocenters. The number of fused-ring (bicyclic) bond motifs is 7. The monoisotopic (exact) mass is 616 g/mol. The molecule has 230 valence electrons. The van der Waals surface area contributed by atoms with Gasteiger partial charge in [-0.1, -0.05) is 111 Å². The summed E-state index contributed by atoms with van der Waals surface area (Å²) < 4.78 is 4.71. The van der Waals surface area contributed by atoms with Crippen LogP contribution in [0.25, 0.3) is 79.0 Å². The van der Waals surface area contributed by atoms with Crippen molar-refractivity contribution in [2.45, 2.75) is 26.2 Å². The molecule has 2 heteroatoms. The molecule has 0 amide bonds. The van der Waals surface area contributed by atoms with Crippen molar-refractivity contribution in [1.29, 1.82) is 0 Å². The van der Waals surface area contributed by atoms with E-state index in [0.29, 0.717) is 0 Å². The highest BCUT2D eigenvalue weighted by Crippen LogP contribution is 2.51. The Morgan fingerprint density at radius 2 is 1.12 bits per heavy atom. The average molecular weight is 617 g/mol. The number of nitrogens with zero attached hydrogens (tertiary/aromatic N) is 2. The van der Waals surface area contributed by atoms with Crippen molar-refractivity contribution in [1.82, 2.24) is 9.13 Å². The number of hydrogen-bond donors (Lipinski definition) is 0. The molecule has 0 fully saturated rings. The van der Waals surface area contributed by atoms with Crippen LogP contribution in [0.15, 0.2) is 146 Å². The van der Waals surface area contributed by atoms with E-state index in [4.69, 9.17) is 0 Å². The van der Waals surface area contributed by atoms with Crippen LogP contribution < -0.4 is 10.6 Å². The van der Waals surface area contributed by atoms with E-state index >= 15 is 0 Å². The number of rotatable bonds is 4. The topological polar surface area (TPSA) is 9.86 Å². The van der Waals surface area contributed by atoms with Crippen molar-refractivity contribution in [3.05, 3.63) is 167 Å². The third kappa shape index (κ3) is 4.06. The van der Waals surface area contributed by atoms with Crippen molar-refractivity contribution in [2.24, 2.45) is 0 Å². The van der Waals surface area contributed by atoms with E-state index < -0.39 is 0 Å². The van der Waals surface area contributed by atoms with Crippen LogP contribution in [0.3, 0.4) is 0 Å². The molecule has 0 saturated carbocycles. The molecule has 48 heavy (non-hydrogen) atoms. The molecule has 8 aromatic rings. The lowest BCUT2D eigenvalue weighted by atomic mass is 9.82. The first-order chi connectivity index (χ1) is 23.5. The summed E-state index contributed by atoms with van der Waals surface area (Å²) in [4.78, 5) is 0. The van der Waals surface area contributed by atoms with Gasteiger partial charge >= 0.3 is 0 Å². The Balaban J connectivity index is 1.31. The summed E-state index contributed by atoms with van der Waals surface area (Å²) in [6.45, 7) is 11.3. The average Bonchev–Trinajstić information content (AvgIpc) is 3.68. The maximum absolute atomic E-state index is 4.55. The molecule has 0 saturated heterocycles. The van der Waals surface area contributed by atoms with Crippen LogP contribution in [0, 0.1) is 0 Å². The lowest BCUT2D eigenvalue weighted by Gasteiger charge is -2.21. The lowest BCUT2D eigenvalue weighted by Crippen LogP contribution is -2.26. The third-order valence-electron chi connectivity index (χ3n) is 10.4. The molecular formula is C46H36N2. The zero-order valence-corrected chi connectivity index (χ0v) is 27.5. The first-order valence-corrected chi connectivity index (χ1v) is 16.8. The Labute approximate surface area is 280 Å². The summed E-state index contributed by atoms with van der Waals surface area (Å²) in [6.07, 6.45) is 6.36. The second kappa shape index (κ2) is 10.6. The van der Waals surface area contributed by atoms with E-state index in [1.54, 1.807) is 0 Å². The zero-order valence-electron chi connectivity index (χ0n) is 27.5. The summed E-state index contributed by atoms with van der Waals surface area (Å²) >= 11 is 0. The van der Waals surface area contributed by atoms with E-state index in [9.17, 15) is 0 Å². The van der Waals surface area contributed by atoms with Gasteiger partial charge in [0.15, 0.2) is 0 Å². The highest BCUT2D eigenvalue weighted by Gasteiger charge is 2.36. The van der Waals surface area contributed by atoms with E-state index in [2.05, 4.69) is 188 Å². The van der Waals surface area contributed by atoms with Crippen LogP contribution in [-0.2, 0) is 5.41 Å². The summed E-state index contributed by atoms with van der Waals surface area (Å²) in [7, 11) is 0. The molecule has 0 bridgehead atoms. The molecular weight excluding hydrogens is 581 g/mol. The molecule has 2 aromatic heterocycles. The van der Waals surface area contributed by atoms with Crippen LogP contribution in [-0.4, -0.2) is 9.13 Å². The summed E-state index contributed by atoms with van der Waals surface area (Å²) in [6, 6.07) is 48.9. The van der Waals surface area contributed by atoms with Gasteiger partial charge in [-0.2, -0.15) is 0 Å². The first kappa shape index (κ1) is 28.4. The fraction of sp³-hybridized carbons (Fsp3) is 0.0870. The molecule has 1 aliphatic carbocycles. The molecule has 2 heterocycles. The molecule has 0 spiro atoms. The van der Waals surface area contributed by atoms with E-state index in [1.165, 1.54) is 66.3 Å². The maximum Gasteiger partial charge on any atom is 0.0544 e. The van der Waals surface area contributed by atoms with Gasteiger partial charge in [-0.3, -0.25) is 0 Å². The van der Waals surface area contributed by atoms with Crippen molar-refractivity contribution in [3.8, 4) is 33.6 Å². The zero-order chi connectivity index (χ0) is 32.6. The van der Waals surface area contributed by atoms with Gasteiger partial charge in [-0.05, 0) is 101 Å². The van der Waals surface area contributed by atoms with Crippen LogP contribution >= 0.6 is 0 Å². The van der Waals surface area contributed by atoms with Crippen LogP contribution in [0.1, 0.15) is 31.9 Å². The van der Waals surface area contributed by atoms with Crippen LogP contribution in [0.5, 0.6) is 0 Å². The van der Waals surface area contributed by atoms with Gasteiger partial charge in [-0.15, -0.1) is 0 Å². The standard InChI is InChI=1S/C46H36N2/c1-5-6-19-35-30(2)47(33-15-9-7-10-16-33)43-24-22-31(26-38(35)43)32-23-25-44-39(27-32)40-28-37-36-20-13-14-21-41(36)46(3,4)42(37)29-45(40)48(44)34-17-11-8-12-18-34/h5-29H,2H2,1,3-4H3/b6-5-,35-19+. The predicted octanol–water partition coefficient (Wildman–Crippen LogP) is 10.5. The van der Waals surface area contributed by atoms with Crippen molar-refractivity contribution >= 4 is 45.4 Å². The molecule has 0 N–H and O–H groups in total. The fourth-order valence-electron chi connectivity index (χ4n) is 8.05. The largest absolute Gasteiger partial charge is 0.310 e. The van der Waals surface area contributed by atoms with Crippen molar-refractivity contribution < 1.29 is 0 Å². The molecule has 2 nitrogen and oxygen atoms in total. The van der Waals surface area contributed by atoms with Gasteiger partial charge in [0, 0.05) is 43.5 Å². The molecule has 0 aliphatic heterocycles. The Morgan fingerprint density at radius 1 is 0.542 bits per heavy atom. The second-order valence-electron chi connectivity index (χ2n) is 13.4. The maximum atomic E-state index is 4.55. The summed E-state index contributed by atoms with van der Waals surface area (Å²) in [5.41, 5.74) is 13.7. The molecule has 1 aliphatic rings. The number of allylic oxidation sites excluding steroid dienone is 2. The summed E-state index contributed by atoms with van der Waals surface area (Å²) in [5, 5.41) is 5.87.